The zero-order chi connectivity index (χ0) is 34.2. The second-order valence-corrected chi connectivity index (χ2v) is 12.8. The van der Waals surface area contributed by atoms with Crippen molar-refractivity contribution in [1.82, 2.24) is 10.2 Å². The van der Waals surface area contributed by atoms with Crippen molar-refractivity contribution in [2.45, 2.75) is 155 Å². The average molecular weight is 661 g/mol. The standard InChI is InChI=1S/C39H68N2O6/c1-3-5-7-9-11-13-15-17-22-26-37(43)46-32-29-41(39(45)36(40-28-31-42)34-35-24-20-19-21-25-35)30-33-47-38(44)27-23-18-16-14-12-10-8-6-4-2/h19-21,24-25,36,40,42H,3-18,22-23,26-34H2,1-2H3. The van der Waals surface area contributed by atoms with Crippen LogP contribution in [0.25, 0.3) is 0 Å². The normalized spacial score (nSPS) is 11.7. The van der Waals surface area contributed by atoms with Crippen molar-refractivity contribution in [3.8, 4) is 0 Å². The molecule has 1 unspecified atom stereocenters. The van der Waals surface area contributed by atoms with Gasteiger partial charge in [0.15, 0.2) is 0 Å². The van der Waals surface area contributed by atoms with Crippen LogP contribution in [-0.2, 0) is 30.3 Å². The van der Waals surface area contributed by atoms with E-state index in [1.165, 1.54) is 77.0 Å². The Morgan fingerprint density at radius 2 is 1.09 bits per heavy atom. The zero-order valence-electron chi connectivity index (χ0n) is 30.0. The number of aliphatic hydroxyl groups is 1. The van der Waals surface area contributed by atoms with Gasteiger partial charge in [-0.25, -0.2) is 0 Å². The summed E-state index contributed by atoms with van der Waals surface area (Å²) in [4.78, 5) is 40.1. The van der Waals surface area contributed by atoms with Crippen LogP contribution in [0.15, 0.2) is 30.3 Å². The smallest absolute Gasteiger partial charge is 0.305 e. The van der Waals surface area contributed by atoms with Gasteiger partial charge in [-0.1, -0.05) is 147 Å². The molecule has 1 aromatic rings. The van der Waals surface area contributed by atoms with Crippen LogP contribution in [0.3, 0.4) is 0 Å². The highest BCUT2D eigenvalue weighted by molar-refractivity contribution is 5.82. The van der Waals surface area contributed by atoms with Gasteiger partial charge in [-0.3, -0.25) is 14.4 Å². The van der Waals surface area contributed by atoms with E-state index in [1.54, 1.807) is 4.90 Å². The van der Waals surface area contributed by atoms with Gasteiger partial charge in [0.05, 0.1) is 25.7 Å². The van der Waals surface area contributed by atoms with Crippen molar-refractivity contribution < 1.29 is 29.0 Å². The van der Waals surface area contributed by atoms with Crippen molar-refractivity contribution in [2.75, 3.05) is 39.5 Å². The number of carbonyl (C=O) groups is 3. The van der Waals surface area contributed by atoms with Gasteiger partial charge in [-0.15, -0.1) is 0 Å². The van der Waals surface area contributed by atoms with Gasteiger partial charge in [-0.05, 0) is 24.8 Å². The maximum Gasteiger partial charge on any atom is 0.305 e. The molecule has 8 nitrogen and oxygen atoms in total. The van der Waals surface area contributed by atoms with Gasteiger partial charge >= 0.3 is 11.9 Å². The average Bonchev–Trinajstić information content (AvgIpc) is 3.08. The van der Waals surface area contributed by atoms with E-state index in [4.69, 9.17) is 9.47 Å². The van der Waals surface area contributed by atoms with Gasteiger partial charge in [0.2, 0.25) is 5.91 Å². The molecule has 0 aliphatic rings. The summed E-state index contributed by atoms with van der Waals surface area (Å²) in [5, 5.41) is 12.6. The lowest BCUT2D eigenvalue weighted by Gasteiger charge is -2.28. The maximum atomic E-state index is 13.7. The monoisotopic (exact) mass is 661 g/mol. The predicted octanol–water partition coefficient (Wildman–Crippen LogP) is 7.94. The van der Waals surface area contributed by atoms with Crippen LogP contribution < -0.4 is 5.32 Å². The molecule has 1 atom stereocenters. The molecule has 0 fully saturated rings. The number of amides is 1. The molecule has 0 saturated carbocycles. The highest BCUT2D eigenvalue weighted by Gasteiger charge is 2.25. The maximum absolute atomic E-state index is 13.7. The number of benzene rings is 1. The molecular weight excluding hydrogens is 592 g/mol. The van der Waals surface area contributed by atoms with Crippen molar-refractivity contribution in [3.05, 3.63) is 35.9 Å². The third-order valence-corrected chi connectivity index (χ3v) is 8.61. The highest BCUT2D eigenvalue weighted by atomic mass is 16.5. The summed E-state index contributed by atoms with van der Waals surface area (Å²) < 4.78 is 11.0. The summed E-state index contributed by atoms with van der Waals surface area (Å²) in [6.45, 7) is 5.24. The Hall–Kier alpha value is -2.45. The number of hydrogen-bond donors (Lipinski definition) is 2. The third kappa shape index (κ3) is 24.4. The summed E-state index contributed by atoms with van der Waals surface area (Å²) in [6, 6.07) is 9.16. The Kier molecular flexibility index (Phi) is 27.9. The Morgan fingerprint density at radius 3 is 1.51 bits per heavy atom. The fourth-order valence-electron chi connectivity index (χ4n) is 5.73. The summed E-state index contributed by atoms with van der Waals surface area (Å²) >= 11 is 0. The summed E-state index contributed by atoms with van der Waals surface area (Å²) in [7, 11) is 0. The van der Waals surface area contributed by atoms with Crippen LogP contribution in [0.1, 0.15) is 148 Å². The van der Waals surface area contributed by atoms with Crippen molar-refractivity contribution in [3.63, 3.8) is 0 Å². The summed E-state index contributed by atoms with van der Waals surface area (Å²) in [6.07, 6.45) is 22.5. The first-order chi connectivity index (χ1) is 23.0. The first kappa shape index (κ1) is 42.6. The molecule has 0 aliphatic heterocycles. The summed E-state index contributed by atoms with van der Waals surface area (Å²) in [5.74, 6) is -0.661. The molecule has 0 heterocycles. The van der Waals surface area contributed by atoms with E-state index >= 15 is 0 Å². The highest BCUT2D eigenvalue weighted by Crippen LogP contribution is 2.13. The second kappa shape index (κ2) is 30.9. The number of ether oxygens (including phenoxy) is 2. The molecule has 0 aliphatic carbocycles. The van der Waals surface area contributed by atoms with Gasteiger partial charge < -0.3 is 24.8 Å². The van der Waals surface area contributed by atoms with Crippen molar-refractivity contribution in [1.29, 1.82) is 0 Å². The quantitative estimate of drug-likeness (QED) is 0.0597. The number of esters is 2. The zero-order valence-corrected chi connectivity index (χ0v) is 30.0. The summed E-state index contributed by atoms with van der Waals surface area (Å²) in [5.41, 5.74) is 0.996. The molecule has 8 heteroatoms. The first-order valence-corrected chi connectivity index (χ1v) is 19.0. The molecule has 0 spiro atoms. The molecule has 0 aromatic heterocycles. The van der Waals surface area contributed by atoms with Crippen LogP contribution >= 0.6 is 0 Å². The van der Waals surface area contributed by atoms with Crippen molar-refractivity contribution in [2.24, 2.45) is 0 Å². The van der Waals surface area contributed by atoms with E-state index in [-0.39, 0.29) is 57.3 Å². The number of aliphatic hydroxyl groups excluding tert-OH is 1. The van der Waals surface area contributed by atoms with E-state index in [0.717, 1.165) is 44.1 Å². The van der Waals surface area contributed by atoms with E-state index in [2.05, 4.69) is 19.2 Å². The number of nitrogens with zero attached hydrogens (tertiary/aromatic N) is 1. The second-order valence-electron chi connectivity index (χ2n) is 12.8. The predicted molar refractivity (Wildman–Crippen MR) is 191 cm³/mol. The van der Waals surface area contributed by atoms with Gasteiger partial charge in [0.1, 0.15) is 13.2 Å². The van der Waals surface area contributed by atoms with E-state index < -0.39 is 6.04 Å². The molecule has 1 rings (SSSR count). The molecule has 1 amide bonds. The van der Waals surface area contributed by atoms with Crippen LogP contribution in [0.4, 0.5) is 0 Å². The SMILES string of the molecule is CCCCCCCCCCCC(=O)OCCN(CCOC(=O)CCCCCCCCCCC)C(=O)C(Cc1ccccc1)NCCO. The Morgan fingerprint density at radius 1 is 0.660 bits per heavy atom. The Bertz CT molecular complexity index is 857. The third-order valence-electron chi connectivity index (χ3n) is 8.61. The lowest BCUT2D eigenvalue weighted by molar-refractivity contribution is -0.148. The van der Waals surface area contributed by atoms with Gasteiger partial charge in [-0.2, -0.15) is 0 Å². The molecular formula is C39H68N2O6. The number of carbonyl (C=O) groups excluding carboxylic acids is 3. The number of nitrogens with one attached hydrogen (secondary N) is 1. The topological polar surface area (TPSA) is 105 Å². The van der Waals surface area contributed by atoms with Crippen LogP contribution in [0.2, 0.25) is 0 Å². The lowest BCUT2D eigenvalue weighted by atomic mass is 10.0. The lowest BCUT2D eigenvalue weighted by Crippen LogP contribution is -2.50. The minimum Gasteiger partial charge on any atom is -0.464 e. The molecule has 0 radical (unpaired) electrons. The van der Waals surface area contributed by atoms with Crippen LogP contribution in [0.5, 0.6) is 0 Å². The van der Waals surface area contributed by atoms with Crippen LogP contribution in [0, 0.1) is 0 Å². The van der Waals surface area contributed by atoms with Crippen LogP contribution in [-0.4, -0.2) is 73.3 Å². The molecule has 1 aromatic carbocycles. The fraction of sp³-hybridized carbons (Fsp3) is 0.769. The minimum atomic E-state index is -0.570. The fourth-order valence-corrected chi connectivity index (χ4v) is 5.73. The van der Waals surface area contributed by atoms with E-state index in [0.29, 0.717) is 19.3 Å². The molecule has 47 heavy (non-hydrogen) atoms. The number of unbranched alkanes of at least 4 members (excludes halogenated alkanes) is 16. The van der Waals surface area contributed by atoms with Gasteiger partial charge in [0, 0.05) is 19.4 Å². The first-order valence-electron chi connectivity index (χ1n) is 19.0. The number of hydrogen-bond acceptors (Lipinski definition) is 7. The number of rotatable bonds is 32. The molecule has 2 N–H and O–H groups in total. The molecule has 0 saturated heterocycles. The van der Waals surface area contributed by atoms with Gasteiger partial charge in [0.25, 0.3) is 0 Å². The largest absolute Gasteiger partial charge is 0.464 e. The van der Waals surface area contributed by atoms with E-state index in [9.17, 15) is 19.5 Å². The molecule has 270 valence electrons. The Labute approximate surface area is 286 Å². The minimum absolute atomic E-state index is 0.0897. The van der Waals surface area contributed by atoms with E-state index in [1.807, 2.05) is 30.3 Å². The molecule has 0 bridgehead atoms. The van der Waals surface area contributed by atoms with Crippen molar-refractivity contribution >= 4 is 17.8 Å². The Balaban J connectivity index is 2.53.